The fourth-order valence-corrected chi connectivity index (χ4v) is 8.16. The van der Waals surface area contributed by atoms with Crippen molar-refractivity contribution < 1.29 is 123 Å². The topological polar surface area (TPSA) is 453 Å². The number of aliphatic hydroxyl groups excluding tert-OH is 13. The minimum atomic E-state index is -2.14. The lowest BCUT2D eigenvalue weighted by Crippen LogP contribution is -2.72. The molecule has 0 bridgehead atoms. The van der Waals surface area contributed by atoms with Gasteiger partial charge in [-0.1, -0.05) is 0 Å². The third-order valence-electron chi connectivity index (χ3n) is 11.5. The summed E-state index contributed by atoms with van der Waals surface area (Å²) in [4.78, 5) is 49.9. The van der Waals surface area contributed by atoms with E-state index in [9.17, 15) is 85.6 Å². The highest BCUT2D eigenvalue weighted by Gasteiger charge is 2.57. The first-order chi connectivity index (χ1) is 31.5. The number of amides is 4. The molecule has 24 atom stereocenters. The Kier molecular flexibility index (Phi) is 21.3. The van der Waals surface area contributed by atoms with Crippen LogP contribution in [0.15, 0.2) is 0 Å². The lowest BCUT2D eigenvalue weighted by atomic mass is 9.93. The van der Waals surface area contributed by atoms with Gasteiger partial charge < -0.3 is 126 Å². The van der Waals surface area contributed by atoms with E-state index in [1.807, 2.05) is 0 Å². The normalized spacial score (nSPS) is 41.0. The molecule has 4 saturated heterocycles. The molecular weight excluding hydrogens is 912 g/mol. The average Bonchev–Trinajstić information content (AvgIpc) is 3.27. The van der Waals surface area contributed by atoms with E-state index in [2.05, 4.69) is 21.3 Å². The Bertz CT molecular complexity index is 1610. The van der Waals surface area contributed by atoms with Crippen LogP contribution in [-0.2, 0) is 57.1 Å². The average molecular weight is 979 g/mol. The molecule has 4 aliphatic heterocycles. The number of carbonyl (C=O) groups excluding carboxylic acids is 4. The zero-order chi connectivity index (χ0) is 50.2. The van der Waals surface area contributed by atoms with Crippen LogP contribution in [0.25, 0.3) is 0 Å². The van der Waals surface area contributed by atoms with E-state index >= 15 is 0 Å². The number of hydrogen-bond donors (Lipinski definition) is 17. The highest BCUT2D eigenvalue weighted by molar-refractivity contribution is 5.74. The second kappa shape index (κ2) is 25.2. The van der Waals surface area contributed by atoms with E-state index in [4.69, 9.17) is 37.9 Å². The van der Waals surface area contributed by atoms with E-state index < -0.39 is 204 Å². The van der Waals surface area contributed by atoms with E-state index in [0.29, 0.717) is 0 Å². The van der Waals surface area contributed by atoms with Crippen LogP contribution in [0.3, 0.4) is 0 Å². The van der Waals surface area contributed by atoms with Gasteiger partial charge in [0.2, 0.25) is 23.6 Å². The van der Waals surface area contributed by atoms with Gasteiger partial charge in [0.15, 0.2) is 25.2 Å². The molecule has 29 heteroatoms. The van der Waals surface area contributed by atoms with E-state index in [-0.39, 0.29) is 0 Å². The maximum atomic E-state index is 13.1. The monoisotopic (exact) mass is 978 g/mol. The van der Waals surface area contributed by atoms with Crippen molar-refractivity contribution >= 4 is 23.6 Å². The quantitative estimate of drug-likeness (QED) is 0.0538. The first kappa shape index (κ1) is 56.6. The molecule has 4 amide bonds. The van der Waals surface area contributed by atoms with Crippen molar-refractivity contribution in [2.24, 2.45) is 0 Å². The number of nitrogens with one attached hydrogen (secondary N) is 4. The van der Waals surface area contributed by atoms with E-state index in [0.717, 1.165) is 27.7 Å². The molecule has 17 N–H and O–H groups in total. The van der Waals surface area contributed by atoms with E-state index in [1.165, 1.54) is 6.92 Å². The van der Waals surface area contributed by atoms with Gasteiger partial charge in [-0.15, -0.1) is 0 Å². The van der Waals surface area contributed by atoms with Gasteiger partial charge in [0.05, 0.1) is 45.2 Å². The highest BCUT2D eigenvalue weighted by atomic mass is 16.8. The molecule has 0 aromatic carbocycles. The Balaban J connectivity index is 1.92. The smallest absolute Gasteiger partial charge is 0.217 e. The third kappa shape index (κ3) is 13.7. The Morgan fingerprint density at radius 3 is 1.39 bits per heavy atom. The van der Waals surface area contributed by atoms with E-state index in [1.54, 1.807) is 0 Å². The molecular formula is C38H66N4O25. The molecule has 0 aliphatic carbocycles. The summed E-state index contributed by atoms with van der Waals surface area (Å²) in [7, 11) is 0. The number of aliphatic hydroxyl groups is 13. The molecule has 67 heavy (non-hydrogen) atoms. The summed E-state index contributed by atoms with van der Waals surface area (Å²) in [5.74, 6) is -3.20. The summed E-state index contributed by atoms with van der Waals surface area (Å²) in [5.41, 5.74) is 0. The first-order valence-corrected chi connectivity index (χ1v) is 21.3. The Labute approximate surface area is 382 Å². The van der Waals surface area contributed by atoms with Crippen molar-refractivity contribution in [3.8, 4) is 0 Å². The zero-order valence-corrected chi connectivity index (χ0v) is 37.1. The second-order valence-corrected chi connectivity index (χ2v) is 16.6. The van der Waals surface area contributed by atoms with Gasteiger partial charge in [0.25, 0.3) is 0 Å². The fraction of sp³-hybridized carbons (Fsp3) is 0.895. The molecule has 388 valence electrons. The third-order valence-corrected chi connectivity index (χ3v) is 11.5. The van der Waals surface area contributed by atoms with Crippen LogP contribution in [0.5, 0.6) is 0 Å². The standard InChI is InChI=1S/C38H66N4O25/c1-11-24(53)30(59)34(67-36-22(41-14(4)50)29(58)27(56)19(9-46)62-36)38(60-11)66-33-23(42-15(5)51)37(64-31(25(54)17(52)7-44)16(6-43)39-12(2)48)63-20(10-47)32(33)65-35-21(40-13(3)49)28(57)26(55)18(8-45)61-35/h11,16-38,43-47,52-59H,6-10H2,1-5H3,(H,39,48)(H,40,49)(H,41,50)(H,42,51)/t11-,16-,17+,18+,19+,20+,21+,22+,23+,24+,25-,26-,27-,28+,29+,30+,31+,32+,33+,34-,35-,36+,37-,38-/m0/s1. The first-order valence-electron chi connectivity index (χ1n) is 21.3. The molecule has 0 spiro atoms. The van der Waals surface area contributed by atoms with Crippen LogP contribution in [0.4, 0.5) is 0 Å². The molecule has 0 aromatic heterocycles. The molecule has 0 saturated carbocycles. The lowest BCUT2D eigenvalue weighted by Gasteiger charge is -2.52. The van der Waals surface area contributed by atoms with Gasteiger partial charge in [-0.05, 0) is 6.92 Å². The minimum Gasteiger partial charge on any atom is -0.394 e. The number of rotatable bonds is 20. The van der Waals surface area contributed by atoms with Gasteiger partial charge in [-0.3, -0.25) is 19.2 Å². The summed E-state index contributed by atoms with van der Waals surface area (Å²) < 4.78 is 48.5. The molecule has 0 unspecified atom stereocenters. The summed E-state index contributed by atoms with van der Waals surface area (Å²) in [6.07, 6.45) is -37.1. The molecule has 4 aliphatic rings. The van der Waals surface area contributed by atoms with Crippen molar-refractivity contribution in [2.75, 3.05) is 33.0 Å². The second-order valence-electron chi connectivity index (χ2n) is 16.6. The summed E-state index contributed by atoms with van der Waals surface area (Å²) in [5, 5.41) is 148. The van der Waals surface area contributed by atoms with Crippen LogP contribution in [-0.4, -0.2) is 270 Å². The van der Waals surface area contributed by atoms with Crippen molar-refractivity contribution in [1.29, 1.82) is 0 Å². The minimum absolute atomic E-state index is 0.764. The Hall–Kier alpha value is -2.96. The summed E-state index contributed by atoms with van der Waals surface area (Å²) >= 11 is 0. The highest BCUT2D eigenvalue weighted by Crippen LogP contribution is 2.36. The van der Waals surface area contributed by atoms with Crippen molar-refractivity contribution in [3.05, 3.63) is 0 Å². The zero-order valence-electron chi connectivity index (χ0n) is 37.1. The maximum absolute atomic E-state index is 13.1. The fourth-order valence-electron chi connectivity index (χ4n) is 8.16. The molecule has 0 radical (unpaired) electrons. The molecule has 4 heterocycles. The van der Waals surface area contributed by atoms with Gasteiger partial charge in [-0.25, -0.2) is 0 Å². The molecule has 29 nitrogen and oxygen atoms in total. The lowest BCUT2D eigenvalue weighted by molar-refractivity contribution is -0.385. The van der Waals surface area contributed by atoms with Crippen molar-refractivity contribution in [3.63, 3.8) is 0 Å². The van der Waals surface area contributed by atoms with Crippen LogP contribution in [0, 0.1) is 0 Å². The van der Waals surface area contributed by atoms with Gasteiger partial charge in [-0.2, -0.15) is 0 Å². The van der Waals surface area contributed by atoms with Crippen LogP contribution in [0.2, 0.25) is 0 Å². The molecule has 0 aromatic rings. The van der Waals surface area contributed by atoms with Crippen LogP contribution in [0.1, 0.15) is 34.6 Å². The predicted octanol–water partition coefficient (Wildman–Crippen LogP) is -10.7. The predicted molar refractivity (Wildman–Crippen MR) is 214 cm³/mol. The number of carbonyl (C=O) groups is 4. The van der Waals surface area contributed by atoms with Crippen molar-refractivity contribution in [1.82, 2.24) is 21.3 Å². The summed E-state index contributed by atoms with van der Waals surface area (Å²) in [6, 6.07) is -6.71. The molecule has 4 rings (SSSR count). The van der Waals surface area contributed by atoms with Gasteiger partial charge in [0.1, 0.15) is 110 Å². The largest absolute Gasteiger partial charge is 0.394 e. The van der Waals surface area contributed by atoms with Crippen LogP contribution < -0.4 is 21.3 Å². The Morgan fingerprint density at radius 1 is 0.507 bits per heavy atom. The SMILES string of the molecule is CC(=O)N[C@H]1[C@H](O[C@H]2[C@H](O[C@@H]3O[C@@H](C)[C@@H](O)[C@@H](O)[C@@H]3O[C@H]3O[C@H](CO)[C@H](O)[C@H](O)[C@H]3NC(C)=O)[C@@H](NC(C)=O)[C@H](O[C@@H]([C@@H](O)[C@H](O)CO)[C@H](CO)NC(C)=O)O[C@@H]2CO)O[C@H](CO)[C@H](O)[C@@H]1O. The Morgan fingerprint density at radius 2 is 0.955 bits per heavy atom. The number of hydrogen-bond acceptors (Lipinski definition) is 25. The van der Waals surface area contributed by atoms with Crippen molar-refractivity contribution in [2.45, 2.75) is 182 Å². The summed E-state index contributed by atoms with van der Waals surface area (Å²) in [6.45, 7) is 0.481. The van der Waals surface area contributed by atoms with Crippen LogP contribution >= 0.6 is 0 Å². The number of ether oxygens (including phenoxy) is 8. The van der Waals surface area contributed by atoms with Gasteiger partial charge >= 0.3 is 0 Å². The molecule has 4 fully saturated rings. The van der Waals surface area contributed by atoms with Gasteiger partial charge in [0, 0.05) is 27.7 Å². The maximum Gasteiger partial charge on any atom is 0.217 e.